The molecule has 0 aliphatic rings. The molecular formula is C20H45O10V3-15. The maximum absolute atomic E-state index is 9.53. The van der Waals surface area contributed by atoms with Gasteiger partial charge in [0, 0.05) is 55.7 Å². The molecule has 0 spiro atoms. The molecule has 0 amide bonds. The SMILES string of the molecule is CCCC[O-].CCCC[O-].CCCC[O-].CCCC[O-].CCCC[O-].[O-2].[O-2].[O-2].[O-2].[O-2].[V].[V].[V]. The van der Waals surface area contributed by atoms with E-state index in [1.54, 1.807) is 0 Å². The molecule has 0 rings (SSSR count). The largest absolute Gasteiger partial charge is 2.00 e. The van der Waals surface area contributed by atoms with Gasteiger partial charge in [-0.25, -0.2) is 0 Å². The van der Waals surface area contributed by atoms with E-state index in [1.807, 2.05) is 34.6 Å². The Labute approximate surface area is 239 Å². The van der Waals surface area contributed by atoms with Crippen molar-refractivity contribution >= 4 is 0 Å². The molecule has 0 bridgehead atoms. The minimum atomic E-state index is 0. The van der Waals surface area contributed by atoms with Crippen molar-refractivity contribution in [2.24, 2.45) is 0 Å². The van der Waals surface area contributed by atoms with Crippen LogP contribution in [-0.2, 0) is 83.0 Å². The molecule has 0 aliphatic carbocycles. The first-order valence-corrected chi connectivity index (χ1v) is 9.98. The molecular weight excluding hydrogens is 553 g/mol. The van der Waals surface area contributed by atoms with E-state index in [1.165, 1.54) is 0 Å². The van der Waals surface area contributed by atoms with Crippen molar-refractivity contribution in [2.45, 2.75) is 98.8 Å². The Kier molecular flexibility index (Phi) is 332. The Morgan fingerprint density at radius 2 is 0.394 bits per heavy atom. The molecule has 0 saturated carbocycles. The molecule has 0 unspecified atom stereocenters. The average molecular weight is 598 g/mol. The zero-order valence-corrected chi connectivity index (χ0v) is 25.2. The summed E-state index contributed by atoms with van der Waals surface area (Å²) in [6.07, 6.45) is 9.32. The predicted molar refractivity (Wildman–Crippen MR) is 102 cm³/mol. The van der Waals surface area contributed by atoms with E-state index >= 15 is 0 Å². The van der Waals surface area contributed by atoms with E-state index in [2.05, 4.69) is 0 Å². The first kappa shape index (κ1) is 83.8. The van der Waals surface area contributed by atoms with Crippen LogP contribution in [0.15, 0.2) is 0 Å². The summed E-state index contributed by atoms with van der Waals surface area (Å²) < 4.78 is 0. The minimum Gasteiger partial charge on any atom is -2.00 e. The molecule has 0 aromatic carbocycles. The van der Waals surface area contributed by atoms with Crippen molar-refractivity contribution < 1.29 is 109 Å². The third-order valence-electron chi connectivity index (χ3n) is 2.49. The van der Waals surface area contributed by atoms with Crippen LogP contribution in [0.2, 0.25) is 0 Å². The van der Waals surface area contributed by atoms with Gasteiger partial charge < -0.3 is 52.9 Å². The predicted octanol–water partition coefficient (Wildman–Crippen LogP) is 0.133. The van der Waals surface area contributed by atoms with Crippen molar-refractivity contribution in [3.8, 4) is 0 Å². The summed E-state index contributed by atoms with van der Waals surface area (Å²) in [6.45, 7) is 10.5. The van der Waals surface area contributed by atoms with Gasteiger partial charge in [-0.2, -0.15) is 0 Å². The molecule has 0 saturated heterocycles. The van der Waals surface area contributed by atoms with E-state index in [4.69, 9.17) is 0 Å². The van der Waals surface area contributed by atoms with Crippen LogP contribution in [0.3, 0.4) is 0 Å². The monoisotopic (exact) mass is 598 g/mol. The Morgan fingerprint density at radius 3 is 0.394 bits per heavy atom. The average Bonchev–Trinajstić information content (AvgIpc) is 2.61. The molecule has 3 radical (unpaired) electrons. The zero-order valence-electron chi connectivity index (χ0n) is 21.0. The van der Waals surface area contributed by atoms with Crippen LogP contribution >= 0.6 is 0 Å². The smallest absolute Gasteiger partial charge is 0 e. The standard InChI is InChI=1S/5C4H9O.5O.3V/c5*1-2-3-4-5;;;;;;;;/h5*2-4H2,1H3;;;;;;;;/q5*-1;5*-2;;;. The van der Waals surface area contributed by atoms with Crippen LogP contribution in [0.1, 0.15) is 98.8 Å². The van der Waals surface area contributed by atoms with Gasteiger partial charge in [0.1, 0.15) is 0 Å². The van der Waals surface area contributed by atoms with Gasteiger partial charge in [0.05, 0.1) is 0 Å². The molecule has 215 valence electrons. The Balaban J connectivity index is -0.0000000130. The van der Waals surface area contributed by atoms with Gasteiger partial charge in [0.2, 0.25) is 0 Å². The summed E-state index contributed by atoms with van der Waals surface area (Å²) in [4.78, 5) is 0. The molecule has 0 atom stereocenters. The number of hydrogen-bond donors (Lipinski definition) is 0. The topological polar surface area (TPSA) is 258 Å². The van der Waals surface area contributed by atoms with Crippen LogP contribution < -0.4 is 25.5 Å². The van der Waals surface area contributed by atoms with E-state index < -0.39 is 0 Å². The van der Waals surface area contributed by atoms with Crippen LogP contribution in [0.5, 0.6) is 0 Å². The molecule has 10 nitrogen and oxygen atoms in total. The first-order valence-electron chi connectivity index (χ1n) is 9.98. The van der Waals surface area contributed by atoms with Gasteiger partial charge in [-0.05, 0) is 0 Å². The van der Waals surface area contributed by atoms with E-state index in [9.17, 15) is 25.5 Å². The van der Waals surface area contributed by atoms with Crippen LogP contribution in [-0.4, -0.2) is 33.0 Å². The van der Waals surface area contributed by atoms with E-state index in [-0.39, 0.29) is 116 Å². The third kappa shape index (κ3) is 254. The summed E-state index contributed by atoms with van der Waals surface area (Å²) in [5.41, 5.74) is 0. The van der Waals surface area contributed by atoms with Crippen LogP contribution in [0, 0.1) is 0 Å². The maximum Gasteiger partial charge on any atom is 0 e. The van der Waals surface area contributed by atoms with Crippen molar-refractivity contribution in [1.82, 2.24) is 0 Å². The molecule has 0 N–H and O–H groups in total. The van der Waals surface area contributed by atoms with Crippen LogP contribution in [0.25, 0.3) is 0 Å². The summed E-state index contributed by atoms with van der Waals surface area (Å²) in [5.74, 6) is 0. The normalized spacial score (nSPS) is 6.36. The molecule has 0 aromatic heterocycles. The summed E-state index contributed by atoms with van der Waals surface area (Å²) >= 11 is 0. The molecule has 33 heavy (non-hydrogen) atoms. The molecule has 0 heterocycles. The number of hydrogen-bond acceptors (Lipinski definition) is 5. The fraction of sp³-hybridized carbons (Fsp3) is 1.00. The molecule has 0 fully saturated rings. The zero-order chi connectivity index (χ0) is 20.6. The Hall–Kier alpha value is 1.35. The van der Waals surface area contributed by atoms with Gasteiger partial charge in [0.25, 0.3) is 0 Å². The van der Waals surface area contributed by atoms with Crippen molar-refractivity contribution in [3.63, 3.8) is 0 Å². The van der Waals surface area contributed by atoms with Gasteiger partial charge in [-0.1, -0.05) is 98.8 Å². The molecule has 0 aliphatic heterocycles. The second-order valence-corrected chi connectivity index (χ2v) is 5.29. The molecule has 13 heteroatoms. The second kappa shape index (κ2) is 131. The van der Waals surface area contributed by atoms with Gasteiger partial charge in [-0.3, -0.25) is 0 Å². The van der Waals surface area contributed by atoms with E-state index in [0.717, 1.165) is 64.2 Å². The van der Waals surface area contributed by atoms with Crippen LogP contribution in [0.4, 0.5) is 0 Å². The summed E-state index contributed by atoms with van der Waals surface area (Å²) in [7, 11) is 0. The van der Waals surface area contributed by atoms with Crippen molar-refractivity contribution in [2.75, 3.05) is 33.0 Å². The van der Waals surface area contributed by atoms with E-state index in [0.29, 0.717) is 0 Å². The minimum absolute atomic E-state index is 0. The summed E-state index contributed by atoms with van der Waals surface area (Å²) in [5, 5.41) is 47.6. The Bertz CT molecular complexity index is 114. The second-order valence-electron chi connectivity index (χ2n) is 5.29. The first-order chi connectivity index (χ1) is 12.1. The fourth-order valence-corrected chi connectivity index (χ4v) is 0.722. The van der Waals surface area contributed by atoms with Gasteiger partial charge in [0.15, 0.2) is 0 Å². The Morgan fingerprint density at radius 1 is 0.303 bits per heavy atom. The van der Waals surface area contributed by atoms with Gasteiger partial charge >= 0.3 is 0 Å². The molecule has 0 aromatic rings. The summed E-state index contributed by atoms with van der Waals surface area (Å²) in [6, 6.07) is 0. The quantitative estimate of drug-likeness (QED) is 0.339. The maximum atomic E-state index is 9.53. The number of unbranched alkanes of at least 4 members (excludes halogenated alkanes) is 5. The van der Waals surface area contributed by atoms with Gasteiger partial charge in [-0.15, -0.1) is 33.0 Å². The van der Waals surface area contributed by atoms with Crippen molar-refractivity contribution in [3.05, 3.63) is 0 Å². The fourth-order valence-electron chi connectivity index (χ4n) is 0.722. The van der Waals surface area contributed by atoms with Crippen molar-refractivity contribution in [1.29, 1.82) is 0 Å². The number of rotatable bonds is 10. The third-order valence-corrected chi connectivity index (χ3v) is 2.49.